The third-order valence-corrected chi connectivity index (χ3v) is 3.37. The van der Waals surface area contributed by atoms with Crippen LogP contribution in [0, 0.1) is 5.41 Å². The van der Waals surface area contributed by atoms with Gasteiger partial charge in [-0.05, 0) is 35.9 Å². The molecular formula is C15H13ClN2O3. The second-order valence-electron chi connectivity index (χ2n) is 4.54. The fraction of sp³-hybridized carbons (Fsp3) is 0.133. The lowest BCUT2D eigenvalue weighted by Crippen LogP contribution is -2.10. The van der Waals surface area contributed by atoms with E-state index in [0.717, 1.165) is 11.3 Å². The first-order valence-electron chi connectivity index (χ1n) is 6.29. The predicted molar refractivity (Wildman–Crippen MR) is 79.4 cm³/mol. The Balaban J connectivity index is 1.71. The van der Waals surface area contributed by atoms with E-state index in [1.165, 1.54) is 0 Å². The molecule has 108 valence electrons. The summed E-state index contributed by atoms with van der Waals surface area (Å²) < 4.78 is 16.2. The van der Waals surface area contributed by atoms with Crippen LogP contribution in [-0.4, -0.2) is 12.6 Å². The largest absolute Gasteiger partial charge is 0.487 e. The summed E-state index contributed by atoms with van der Waals surface area (Å²) in [7, 11) is 0. The third-order valence-electron chi connectivity index (χ3n) is 3.07. The van der Waals surface area contributed by atoms with Gasteiger partial charge in [-0.2, -0.15) is 0 Å². The molecule has 5 nitrogen and oxygen atoms in total. The fourth-order valence-corrected chi connectivity index (χ4v) is 2.21. The van der Waals surface area contributed by atoms with Crippen LogP contribution >= 0.6 is 11.6 Å². The summed E-state index contributed by atoms with van der Waals surface area (Å²) in [5.41, 5.74) is 6.92. The SMILES string of the molecule is N=C(N)c1ccc(OCc2ccc3c(c2)OCO3)c(Cl)c1. The second kappa shape index (κ2) is 5.54. The summed E-state index contributed by atoms with van der Waals surface area (Å²) in [5, 5.41) is 7.78. The topological polar surface area (TPSA) is 77.6 Å². The number of nitrogens with one attached hydrogen (secondary N) is 1. The molecule has 3 N–H and O–H groups in total. The van der Waals surface area contributed by atoms with Crippen LogP contribution in [0.1, 0.15) is 11.1 Å². The van der Waals surface area contributed by atoms with E-state index in [2.05, 4.69) is 0 Å². The van der Waals surface area contributed by atoms with Crippen molar-refractivity contribution in [2.24, 2.45) is 5.73 Å². The van der Waals surface area contributed by atoms with Gasteiger partial charge in [0.15, 0.2) is 11.5 Å². The second-order valence-corrected chi connectivity index (χ2v) is 4.94. The highest BCUT2D eigenvalue weighted by atomic mass is 35.5. The third kappa shape index (κ3) is 2.87. The smallest absolute Gasteiger partial charge is 0.231 e. The molecule has 6 heteroatoms. The van der Waals surface area contributed by atoms with Crippen molar-refractivity contribution < 1.29 is 14.2 Å². The minimum Gasteiger partial charge on any atom is -0.487 e. The fourth-order valence-electron chi connectivity index (χ4n) is 1.98. The highest BCUT2D eigenvalue weighted by molar-refractivity contribution is 6.32. The van der Waals surface area contributed by atoms with E-state index >= 15 is 0 Å². The van der Waals surface area contributed by atoms with Gasteiger partial charge in [-0.15, -0.1) is 0 Å². The van der Waals surface area contributed by atoms with Gasteiger partial charge in [-0.3, -0.25) is 5.41 Å². The Morgan fingerprint density at radius 1 is 1.19 bits per heavy atom. The average Bonchev–Trinajstić information content (AvgIpc) is 2.93. The molecule has 0 amide bonds. The summed E-state index contributed by atoms with van der Waals surface area (Å²) in [6.07, 6.45) is 0. The zero-order chi connectivity index (χ0) is 14.8. The molecule has 1 aliphatic rings. The van der Waals surface area contributed by atoms with Gasteiger partial charge in [0.2, 0.25) is 6.79 Å². The number of ether oxygens (including phenoxy) is 3. The molecule has 0 saturated carbocycles. The quantitative estimate of drug-likeness (QED) is 0.672. The maximum absolute atomic E-state index is 7.36. The molecule has 0 bridgehead atoms. The summed E-state index contributed by atoms with van der Waals surface area (Å²) in [6.45, 7) is 0.605. The summed E-state index contributed by atoms with van der Waals surface area (Å²) in [6, 6.07) is 10.6. The van der Waals surface area contributed by atoms with Crippen molar-refractivity contribution in [1.29, 1.82) is 5.41 Å². The molecule has 0 unspecified atom stereocenters. The first-order valence-corrected chi connectivity index (χ1v) is 6.66. The lowest BCUT2D eigenvalue weighted by atomic mass is 10.2. The van der Waals surface area contributed by atoms with Gasteiger partial charge in [0.1, 0.15) is 18.2 Å². The van der Waals surface area contributed by atoms with Crippen molar-refractivity contribution in [3.05, 3.63) is 52.5 Å². The highest BCUT2D eigenvalue weighted by Gasteiger charge is 2.13. The molecule has 2 aromatic rings. The molecule has 0 aromatic heterocycles. The van der Waals surface area contributed by atoms with E-state index < -0.39 is 0 Å². The van der Waals surface area contributed by atoms with Crippen molar-refractivity contribution in [2.45, 2.75) is 6.61 Å². The van der Waals surface area contributed by atoms with E-state index in [9.17, 15) is 0 Å². The maximum Gasteiger partial charge on any atom is 0.231 e. The van der Waals surface area contributed by atoms with Crippen molar-refractivity contribution in [1.82, 2.24) is 0 Å². The van der Waals surface area contributed by atoms with Crippen LogP contribution in [0.4, 0.5) is 0 Å². The highest BCUT2D eigenvalue weighted by Crippen LogP contribution is 2.33. The molecule has 2 aromatic carbocycles. The average molecular weight is 305 g/mol. The van der Waals surface area contributed by atoms with E-state index in [4.69, 9.17) is 37.0 Å². The minimum atomic E-state index is -0.0285. The standard InChI is InChI=1S/C15H13ClN2O3/c16-11-6-10(15(17)18)2-4-12(11)19-7-9-1-3-13-14(5-9)21-8-20-13/h1-6H,7-8H2,(H3,17,18). The van der Waals surface area contributed by atoms with E-state index in [-0.39, 0.29) is 12.6 Å². The zero-order valence-corrected chi connectivity index (χ0v) is 11.8. The van der Waals surface area contributed by atoms with Crippen LogP contribution in [0.25, 0.3) is 0 Å². The molecule has 0 fully saturated rings. The summed E-state index contributed by atoms with van der Waals surface area (Å²) >= 11 is 6.11. The summed E-state index contributed by atoms with van der Waals surface area (Å²) in [4.78, 5) is 0. The number of amidine groups is 1. The predicted octanol–water partition coefficient (Wildman–Crippen LogP) is 2.93. The van der Waals surface area contributed by atoms with Gasteiger partial charge in [0, 0.05) is 5.56 Å². The number of benzene rings is 2. The molecule has 1 heterocycles. The number of nitrogen functional groups attached to an aromatic ring is 1. The van der Waals surface area contributed by atoms with Crippen molar-refractivity contribution in [3.8, 4) is 17.2 Å². The number of fused-ring (bicyclic) bond motifs is 1. The Kier molecular flexibility index (Phi) is 3.58. The monoisotopic (exact) mass is 304 g/mol. The van der Waals surface area contributed by atoms with Gasteiger partial charge in [0.05, 0.1) is 5.02 Å². The van der Waals surface area contributed by atoms with Gasteiger partial charge in [0.25, 0.3) is 0 Å². The number of rotatable bonds is 4. The Hall–Kier alpha value is -2.40. The van der Waals surface area contributed by atoms with Gasteiger partial charge < -0.3 is 19.9 Å². The van der Waals surface area contributed by atoms with Crippen molar-refractivity contribution in [3.63, 3.8) is 0 Å². The van der Waals surface area contributed by atoms with Crippen LogP contribution in [0.15, 0.2) is 36.4 Å². The lowest BCUT2D eigenvalue weighted by Gasteiger charge is -2.09. The molecule has 0 radical (unpaired) electrons. The van der Waals surface area contributed by atoms with Crippen LogP contribution in [0.2, 0.25) is 5.02 Å². The number of hydrogen-bond donors (Lipinski definition) is 2. The Bertz CT molecular complexity index is 703. The first kappa shape index (κ1) is 13.6. The first-order chi connectivity index (χ1) is 10.1. The van der Waals surface area contributed by atoms with Crippen LogP contribution in [0.3, 0.4) is 0 Å². The number of nitrogens with two attached hydrogens (primary N) is 1. The summed E-state index contributed by atoms with van der Waals surface area (Å²) in [5.74, 6) is 1.97. The van der Waals surface area contributed by atoms with E-state index in [1.54, 1.807) is 18.2 Å². The van der Waals surface area contributed by atoms with E-state index in [1.807, 2.05) is 18.2 Å². The molecule has 0 spiro atoms. The van der Waals surface area contributed by atoms with Gasteiger partial charge >= 0.3 is 0 Å². The molecule has 21 heavy (non-hydrogen) atoms. The Morgan fingerprint density at radius 3 is 2.76 bits per heavy atom. The van der Waals surface area contributed by atoms with Gasteiger partial charge in [-0.25, -0.2) is 0 Å². The number of halogens is 1. The van der Waals surface area contributed by atoms with Crippen molar-refractivity contribution in [2.75, 3.05) is 6.79 Å². The van der Waals surface area contributed by atoms with Crippen LogP contribution in [0.5, 0.6) is 17.2 Å². The zero-order valence-electron chi connectivity index (χ0n) is 11.1. The van der Waals surface area contributed by atoms with Crippen LogP contribution in [-0.2, 0) is 6.61 Å². The minimum absolute atomic E-state index is 0.0285. The number of hydrogen-bond acceptors (Lipinski definition) is 4. The molecule has 3 rings (SSSR count). The molecule has 1 aliphatic heterocycles. The Morgan fingerprint density at radius 2 is 2.00 bits per heavy atom. The molecule has 0 aliphatic carbocycles. The van der Waals surface area contributed by atoms with Gasteiger partial charge in [-0.1, -0.05) is 17.7 Å². The Labute approximate surface area is 126 Å². The maximum atomic E-state index is 7.36. The molecule has 0 saturated heterocycles. The van der Waals surface area contributed by atoms with E-state index in [0.29, 0.717) is 28.7 Å². The molecular weight excluding hydrogens is 292 g/mol. The van der Waals surface area contributed by atoms with Crippen molar-refractivity contribution >= 4 is 17.4 Å². The normalized spacial score (nSPS) is 12.2. The molecule has 0 atom stereocenters. The lowest BCUT2D eigenvalue weighted by molar-refractivity contribution is 0.174. The van der Waals surface area contributed by atoms with Crippen LogP contribution < -0.4 is 19.9 Å².